The van der Waals surface area contributed by atoms with Crippen molar-refractivity contribution in [3.05, 3.63) is 71.8 Å². The van der Waals surface area contributed by atoms with Crippen molar-refractivity contribution in [3.63, 3.8) is 0 Å². The van der Waals surface area contributed by atoms with E-state index in [0.29, 0.717) is 6.04 Å². The summed E-state index contributed by atoms with van der Waals surface area (Å²) in [6.07, 6.45) is 1.38. The van der Waals surface area contributed by atoms with Gasteiger partial charge in [-0.2, -0.15) is 0 Å². The molecule has 0 heterocycles. The Morgan fingerprint density at radius 2 is 1.43 bits per heavy atom. The molecule has 0 bridgehead atoms. The summed E-state index contributed by atoms with van der Waals surface area (Å²) < 4.78 is 5.90. The minimum atomic E-state index is -0.396. The topological polar surface area (TPSA) is 29.5 Å². The standard InChI is InChI=1S/C23H31NO2.CH5P/c1-6-22(26-19(3)25)23(17-18(2)24(4)5,20-13-9-7-10-14-20)21-15-11-8-12-16-21;1-2/h7-16,18,22H,6,17H2,1-5H3;2H2,1H3/t18-,22-;/m1./s1. The molecule has 0 fully saturated rings. The molecule has 1 unspecified atom stereocenters. The zero-order valence-corrected chi connectivity index (χ0v) is 19.3. The van der Waals surface area contributed by atoms with E-state index in [4.69, 9.17) is 4.74 Å². The highest BCUT2D eigenvalue weighted by Crippen LogP contribution is 2.43. The van der Waals surface area contributed by atoms with E-state index in [1.807, 2.05) is 18.8 Å². The van der Waals surface area contributed by atoms with E-state index in [1.54, 1.807) is 0 Å². The first kappa shape index (κ1) is 24.3. The minimum absolute atomic E-state index is 0.229. The highest BCUT2D eigenvalue weighted by molar-refractivity contribution is 7.15. The van der Waals surface area contributed by atoms with Crippen LogP contribution in [-0.4, -0.2) is 43.8 Å². The maximum atomic E-state index is 11.9. The molecule has 4 heteroatoms. The van der Waals surface area contributed by atoms with Crippen molar-refractivity contribution in [2.75, 3.05) is 20.8 Å². The SMILES string of the molecule is CC[C@@H](OC(C)=O)C(C[C@@H](C)N(C)C)(c1ccccc1)c1ccccc1.CP. The summed E-state index contributed by atoms with van der Waals surface area (Å²) in [6.45, 7) is 7.73. The molecule has 28 heavy (non-hydrogen) atoms. The first-order valence-electron chi connectivity index (χ1n) is 9.94. The summed E-state index contributed by atoms with van der Waals surface area (Å²) in [5.74, 6) is -0.231. The Hall–Kier alpha value is -1.70. The molecule has 3 atom stereocenters. The molecule has 2 rings (SSSR count). The van der Waals surface area contributed by atoms with E-state index >= 15 is 0 Å². The van der Waals surface area contributed by atoms with Crippen LogP contribution in [0.25, 0.3) is 0 Å². The third-order valence-electron chi connectivity index (χ3n) is 5.31. The number of benzene rings is 2. The van der Waals surface area contributed by atoms with Gasteiger partial charge < -0.3 is 9.64 Å². The smallest absolute Gasteiger partial charge is 0.302 e. The van der Waals surface area contributed by atoms with Gasteiger partial charge in [0.1, 0.15) is 6.10 Å². The average molecular weight is 402 g/mol. The van der Waals surface area contributed by atoms with E-state index in [2.05, 4.69) is 90.6 Å². The second-order valence-corrected chi connectivity index (χ2v) is 7.23. The van der Waals surface area contributed by atoms with Crippen molar-refractivity contribution in [1.82, 2.24) is 4.90 Å². The normalized spacial score (nSPS) is 13.3. The number of hydrogen-bond acceptors (Lipinski definition) is 3. The predicted octanol–water partition coefficient (Wildman–Crippen LogP) is 5.15. The first-order chi connectivity index (χ1) is 13.4. The van der Waals surface area contributed by atoms with Crippen molar-refractivity contribution in [1.29, 1.82) is 0 Å². The summed E-state index contributed by atoms with van der Waals surface area (Å²) in [7, 11) is 6.61. The molecule has 0 aliphatic rings. The lowest BCUT2D eigenvalue weighted by Crippen LogP contribution is -2.47. The molecule has 154 valence electrons. The Balaban J connectivity index is 0.00000190. The van der Waals surface area contributed by atoms with Gasteiger partial charge in [-0.05, 0) is 45.0 Å². The molecular weight excluding hydrogens is 365 g/mol. The van der Waals surface area contributed by atoms with Crippen LogP contribution in [0.2, 0.25) is 0 Å². The Morgan fingerprint density at radius 1 is 1.00 bits per heavy atom. The number of ether oxygens (including phenoxy) is 1. The summed E-state index contributed by atoms with van der Waals surface area (Å²) in [5.41, 5.74) is 1.98. The molecule has 0 spiro atoms. The minimum Gasteiger partial charge on any atom is -0.461 e. The third kappa shape index (κ3) is 5.90. The van der Waals surface area contributed by atoms with Crippen LogP contribution in [0.4, 0.5) is 0 Å². The summed E-state index contributed by atoms with van der Waals surface area (Å²) >= 11 is 0. The number of hydrogen-bond donors (Lipinski definition) is 0. The Labute approximate surface area is 173 Å². The molecule has 0 amide bonds. The fourth-order valence-corrected chi connectivity index (χ4v) is 3.76. The van der Waals surface area contributed by atoms with Crippen LogP contribution in [0, 0.1) is 0 Å². The molecule has 2 aromatic rings. The Morgan fingerprint density at radius 3 is 1.75 bits per heavy atom. The number of carbonyl (C=O) groups is 1. The number of rotatable bonds is 8. The van der Waals surface area contributed by atoms with Crippen LogP contribution < -0.4 is 0 Å². The van der Waals surface area contributed by atoms with Crippen LogP contribution in [0.3, 0.4) is 0 Å². The van der Waals surface area contributed by atoms with E-state index in [-0.39, 0.29) is 12.1 Å². The number of esters is 1. The van der Waals surface area contributed by atoms with Crippen molar-refractivity contribution < 1.29 is 9.53 Å². The first-order valence-corrected chi connectivity index (χ1v) is 11.1. The van der Waals surface area contributed by atoms with E-state index in [9.17, 15) is 4.79 Å². The average Bonchev–Trinajstić information content (AvgIpc) is 2.72. The van der Waals surface area contributed by atoms with Gasteiger partial charge in [0, 0.05) is 13.0 Å². The monoisotopic (exact) mass is 401 g/mol. The van der Waals surface area contributed by atoms with Gasteiger partial charge in [-0.1, -0.05) is 74.3 Å². The van der Waals surface area contributed by atoms with Gasteiger partial charge >= 0.3 is 5.97 Å². The summed E-state index contributed by atoms with van der Waals surface area (Å²) in [4.78, 5) is 14.1. The molecular formula is C24H36NO2P. The van der Waals surface area contributed by atoms with Crippen molar-refractivity contribution in [3.8, 4) is 0 Å². The third-order valence-corrected chi connectivity index (χ3v) is 5.31. The zero-order valence-electron chi connectivity index (χ0n) is 18.2. The maximum absolute atomic E-state index is 11.9. The molecule has 0 saturated heterocycles. The van der Waals surface area contributed by atoms with Crippen LogP contribution in [-0.2, 0) is 14.9 Å². The van der Waals surface area contributed by atoms with Crippen molar-refractivity contribution in [2.24, 2.45) is 0 Å². The molecule has 0 N–H and O–H groups in total. The van der Waals surface area contributed by atoms with Crippen LogP contribution in [0.1, 0.15) is 44.7 Å². The number of carbonyl (C=O) groups excluding carboxylic acids is 1. The highest BCUT2D eigenvalue weighted by atomic mass is 31.0. The van der Waals surface area contributed by atoms with Crippen LogP contribution >= 0.6 is 9.24 Å². The van der Waals surface area contributed by atoms with Gasteiger partial charge in [-0.3, -0.25) is 4.79 Å². The second-order valence-electron chi connectivity index (χ2n) is 7.23. The van der Waals surface area contributed by atoms with Gasteiger partial charge in [-0.25, -0.2) is 0 Å². The largest absolute Gasteiger partial charge is 0.461 e. The van der Waals surface area contributed by atoms with Gasteiger partial charge in [0.25, 0.3) is 0 Å². The Kier molecular flexibility index (Phi) is 10.4. The molecule has 3 nitrogen and oxygen atoms in total. The summed E-state index contributed by atoms with van der Waals surface area (Å²) in [5, 5.41) is 0. The molecule has 2 aromatic carbocycles. The van der Waals surface area contributed by atoms with E-state index in [0.717, 1.165) is 12.8 Å². The van der Waals surface area contributed by atoms with Crippen LogP contribution in [0.15, 0.2) is 60.7 Å². The molecule has 0 aliphatic carbocycles. The van der Waals surface area contributed by atoms with Crippen molar-refractivity contribution in [2.45, 2.75) is 51.2 Å². The molecule has 0 aromatic heterocycles. The molecule has 0 saturated carbocycles. The van der Waals surface area contributed by atoms with Crippen molar-refractivity contribution >= 4 is 15.2 Å². The van der Waals surface area contributed by atoms with Gasteiger partial charge in [0.15, 0.2) is 0 Å². The van der Waals surface area contributed by atoms with Gasteiger partial charge in [-0.15, -0.1) is 9.24 Å². The molecule has 0 aliphatic heterocycles. The van der Waals surface area contributed by atoms with Gasteiger partial charge in [0.2, 0.25) is 0 Å². The quantitative estimate of drug-likeness (QED) is 0.453. The Bertz CT molecular complexity index is 649. The number of nitrogens with zero attached hydrogens (tertiary/aromatic N) is 1. The lowest BCUT2D eigenvalue weighted by atomic mass is 9.66. The predicted molar refractivity (Wildman–Crippen MR) is 123 cm³/mol. The summed E-state index contributed by atoms with van der Waals surface area (Å²) in [6, 6.07) is 21.2. The second kappa shape index (κ2) is 12.0. The van der Waals surface area contributed by atoms with Crippen LogP contribution in [0.5, 0.6) is 0 Å². The van der Waals surface area contributed by atoms with E-state index < -0.39 is 5.41 Å². The maximum Gasteiger partial charge on any atom is 0.302 e. The lowest BCUT2D eigenvalue weighted by Gasteiger charge is -2.43. The zero-order chi connectivity index (χ0) is 21.2. The lowest BCUT2D eigenvalue weighted by molar-refractivity contribution is -0.150. The van der Waals surface area contributed by atoms with Gasteiger partial charge in [0.05, 0.1) is 5.41 Å². The fourth-order valence-electron chi connectivity index (χ4n) is 3.76. The fraction of sp³-hybridized carbons (Fsp3) is 0.458. The molecule has 0 radical (unpaired) electrons. The highest BCUT2D eigenvalue weighted by Gasteiger charge is 2.44. The van der Waals surface area contributed by atoms with E-state index in [1.165, 1.54) is 18.1 Å².